The van der Waals surface area contributed by atoms with Crippen molar-refractivity contribution in [2.45, 2.75) is 36.5 Å². The van der Waals surface area contributed by atoms with Crippen LogP contribution in [0.2, 0.25) is 0 Å². The molecule has 1 saturated heterocycles. The number of hydrogen-bond donors (Lipinski definition) is 0. The number of hydrogen-bond acceptors (Lipinski definition) is 3. The number of methoxy groups -OCH3 is 1. The molecule has 0 saturated carbocycles. The van der Waals surface area contributed by atoms with Gasteiger partial charge in [0.2, 0.25) is 0 Å². The van der Waals surface area contributed by atoms with Crippen molar-refractivity contribution in [3.05, 3.63) is 0 Å². The molecule has 4 unspecified atom stereocenters. The Labute approximate surface area is 79.8 Å². The van der Waals surface area contributed by atoms with Crippen LogP contribution in [0.5, 0.6) is 0 Å². The van der Waals surface area contributed by atoms with E-state index in [4.69, 9.17) is 17.3 Å². The molecule has 2 radical (unpaired) electrons. The second-order valence-corrected chi connectivity index (χ2v) is 4.49. The molecule has 1 aliphatic rings. The maximum atomic E-state index is 5.86. The Kier molecular flexibility index (Phi) is 3.94. The fraction of sp³-hybridized carbons (Fsp3) is 1.00. The molecule has 0 aliphatic carbocycles. The topological polar surface area (TPSA) is 18.5 Å². The predicted molar refractivity (Wildman–Crippen MR) is 52.8 cm³/mol. The summed E-state index contributed by atoms with van der Waals surface area (Å²) in [5.74, 6) is 0. The predicted octanol–water partition coefficient (Wildman–Crippen LogP) is 1.04. The zero-order valence-corrected chi connectivity index (χ0v) is 8.64. The van der Waals surface area contributed by atoms with Gasteiger partial charge >= 0.3 is 0 Å². The number of thioether (sulfide) groups is 1. The second kappa shape index (κ2) is 4.54. The van der Waals surface area contributed by atoms with Gasteiger partial charge in [-0.3, -0.25) is 0 Å². The van der Waals surface area contributed by atoms with Crippen molar-refractivity contribution in [2.75, 3.05) is 13.7 Å². The van der Waals surface area contributed by atoms with Crippen LogP contribution >= 0.6 is 11.8 Å². The Hall–Kier alpha value is 0.335. The molecule has 0 aromatic rings. The fourth-order valence-corrected chi connectivity index (χ4v) is 2.85. The van der Waals surface area contributed by atoms with E-state index in [0.717, 1.165) is 6.61 Å². The highest BCUT2D eigenvalue weighted by atomic mass is 32.2. The van der Waals surface area contributed by atoms with Gasteiger partial charge in [0, 0.05) is 19.0 Å². The first-order valence-corrected chi connectivity index (χ1v) is 5.20. The van der Waals surface area contributed by atoms with Gasteiger partial charge in [0.25, 0.3) is 0 Å². The fourth-order valence-electron chi connectivity index (χ4n) is 1.55. The van der Waals surface area contributed by atoms with Crippen LogP contribution in [0.3, 0.4) is 0 Å². The van der Waals surface area contributed by atoms with Crippen molar-refractivity contribution in [2.24, 2.45) is 0 Å². The van der Waals surface area contributed by atoms with Gasteiger partial charge in [-0.25, -0.2) is 0 Å². The van der Waals surface area contributed by atoms with Gasteiger partial charge in [0.1, 0.15) is 0 Å². The lowest BCUT2D eigenvalue weighted by atomic mass is 9.94. The molecule has 0 aromatic carbocycles. The van der Waals surface area contributed by atoms with E-state index >= 15 is 0 Å². The van der Waals surface area contributed by atoms with Crippen LogP contribution in [0.25, 0.3) is 0 Å². The number of ether oxygens (including phenoxy) is 2. The first-order chi connectivity index (χ1) is 5.70. The smallest absolute Gasteiger partial charge is 0.0954 e. The van der Waals surface area contributed by atoms with E-state index in [1.165, 1.54) is 0 Å². The molecule has 68 valence electrons. The molecule has 0 N–H and O–H groups in total. The van der Waals surface area contributed by atoms with Crippen molar-refractivity contribution >= 4 is 19.6 Å². The summed E-state index contributed by atoms with van der Waals surface area (Å²) in [6, 6.07) is 0. The van der Waals surface area contributed by atoms with Crippen molar-refractivity contribution < 1.29 is 9.47 Å². The lowest BCUT2D eigenvalue weighted by Gasteiger charge is -2.22. The van der Waals surface area contributed by atoms with Crippen molar-refractivity contribution in [1.29, 1.82) is 0 Å². The molecule has 2 nitrogen and oxygen atoms in total. The third-order valence-electron chi connectivity index (χ3n) is 2.11. The third kappa shape index (κ3) is 1.98. The Balaban J connectivity index is 2.55. The summed E-state index contributed by atoms with van der Waals surface area (Å²) in [7, 11) is 7.55. The van der Waals surface area contributed by atoms with Crippen molar-refractivity contribution in [3.8, 4) is 0 Å². The summed E-state index contributed by atoms with van der Waals surface area (Å²) in [6.45, 7) is 4.85. The lowest BCUT2D eigenvalue weighted by molar-refractivity contribution is -0.0369. The van der Waals surface area contributed by atoms with Gasteiger partial charge in [-0.1, -0.05) is 6.92 Å². The van der Waals surface area contributed by atoms with Gasteiger partial charge < -0.3 is 9.47 Å². The SMILES string of the molecule is [B]C1SC(C)C(OCC)C1OC. The summed E-state index contributed by atoms with van der Waals surface area (Å²) in [6.07, 6.45) is 0.199. The minimum absolute atomic E-state index is 0.0462. The van der Waals surface area contributed by atoms with Crippen molar-refractivity contribution in [3.63, 3.8) is 0 Å². The molecule has 1 heterocycles. The zero-order chi connectivity index (χ0) is 9.14. The lowest BCUT2D eigenvalue weighted by Crippen LogP contribution is -2.36. The van der Waals surface area contributed by atoms with E-state index in [9.17, 15) is 0 Å². The standard InChI is InChI=1S/C8H15BO2S/c1-4-11-6-5(2)12-8(9)7(6)10-3/h5-8H,4H2,1-3H3. The quantitative estimate of drug-likeness (QED) is 0.613. The van der Waals surface area contributed by atoms with Gasteiger partial charge in [0.05, 0.1) is 20.1 Å². The van der Waals surface area contributed by atoms with Gasteiger partial charge in [-0.15, -0.1) is 0 Å². The van der Waals surface area contributed by atoms with E-state index < -0.39 is 0 Å². The van der Waals surface area contributed by atoms with Crippen LogP contribution in [0.1, 0.15) is 13.8 Å². The molecule has 1 fully saturated rings. The molecule has 4 atom stereocenters. The monoisotopic (exact) mass is 186 g/mol. The molecule has 12 heavy (non-hydrogen) atoms. The maximum Gasteiger partial charge on any atom is 0.0954 e. The Morgan fingerprint density at radius 3 is 2.58 bits per heavy atom. The second-order valence-electron chi connectivity index (χ2n) is 2.93. The summed E-state index contributed by atoms with van der Waals surface area (Å²) in [4.78, 5) is 0. The minimum Gasteiger partial charge on any atom is -0.378 e. The highest BCUT2D eigenvalue weighted by molar-refractivity contribution is 8.01. The molecule has 0 amide bonds. The summed E-state index contributed by atoms with van der Waals surface area (Å²) in [5.41, 5.74) is 0. The highest BCUT2D eigenvalue weighted by Crippen LogP contribution is 2.35. The maximum absolute atomic E-state index is 5.86. The van der Waals surface area contributed by atoms with E-state index in [-0.39, 0.29) is 17.4 Å². The first kappa shape index (κ1) is 10.4. The Morgan fingerprint density at radius 2 is 2.08 bits per heavy atom. The molecular formula is C8H15BO2S. The summed E-state index contributed by atoms with van der Waals surface area (Å²) >= 11 is 1.73. The largest absolute Gasteiger partial charge is 0.378 e. The first-order valence-electron chi connectivity index (χ1n) is 4.26. The van der Waals surface area contributed by atoms with Gasteiger partial charge in [0.15, 0.2) is 0 Å². The molecular weight excluding hydrogens is 171 g/mol. The Morgan fingerprint density at radius 1 is 1.42 bits per heavy atom. The highest BCUT2D eigenvalue weighted by Gasteiger charge is 2.39. The van der Waals surface area contributed by atoms with Crippen LogP contribution in [0.15, 0.2) is 0 Å². The number of rotatable bonds is 3. The van der Waals surface area contributed by atoms with Crippen LogP contribution in [0.4, 0.5) is 0 Å². The van der Waals surface area contributed by atoms with Crippen LogP contribution in [0, 0.1) is 0 Å². The van der Waals surface area contributed by atoms with Gasteiger partial charge in [-0.2, -0.15) is 11.8 Å². The van der Waals surface area contributed by atoms with E-state index in [2.05, 4.69) is 6.92 Å². The van der Waals surface area contributed by atoms with Crippen LogP contribution < -0.4 is 0 Å². The van der Waals surface area contributed by atoms with Crippen LogP contribution in [-0.2, 0) is 9.47 Å². The Bertz CT molecular complexity index is 145. The summed E-state index contributed by atoms with van der Waals surface area (Å²) < 4.78 is 10.9. The van der Waals surface area contributed by atoms with Gasteiger partial charge in [-0.05, 0) is 12.1 Å². The molecule has 0 aromatic heterocycles. The van der Waals surface area contributed by atoms with E-state index in [1.807, 2.05) is 6.92 Å². The normalized spacial score (nSPS) is 41.9. The van der Waals surface area contributed by atoms with E-state index in [1.54, 1.807) is 18.9 Å². The average molecular weight is 186 g/mol. The third-order valence-corrected chi connectivity index (χ3v) is 3.39. The van der Waals surface area contributed by atoms with Crippen LogP contribution in [-0.4, -0.2) is 44.2 Å². The molecule has 1 rings (SSSR count). The molecule has 0 bridgehead atoms. The summed E-state index contributed by atoms with van der Waals surface area (Å²) in [5, 5.41) is 0.492. The van der Waals surface area contributed by atoms with E-state index in [0.29, 0.717) is 5.25 Å². The van der Waals surface area contributed by atoms with Crippen molar-refractivity contribution in [1.82, 2.24) is 0 Å². The molecule has 1 aliphatic heterocycles. The minimum atomic E-state index is 0.0462. The average Bonchev–Trinajstić information content (AvgIpc) is 2.28. The zero-order valence-electron chi connectivity index (χ0n) is 7.82. The molecule has 0 spiro atoms. The molecule has 4 heteroatoms.